The van der Waals surface area contributed by atoms with Crippen LogP contribution in [0.5, 0.6) is 0 Å². The highest BCUT2D eigenvalue weighted by atomic mass is 16.3. The SMILES string of the molecule is CC(CCCCCCCN)CCC[C@@H](C)[C@H]1CC[C@H]2[C@@H]3CC=C4C[C@@H](O)CC[C@]4(C)[C@H]3CC[C@]12C. The first kappa shape index (κ1) is 27.7. The lowest BCUT2D eigenvalue weighted by atomic mass is 9.47. The molecular weight excluding hydrogens is 426 g/mol. The average molecular weight is 486 g/mol. The molecule has 4 rings (SSSR count). The molecule has 35 heavy (non-hydrogen) atoms. The molecule has 2 heteroatoms. The molecule has 3 saturated carbocycles. The van der Waals surface area contributed by atoms with Crippen molar-refractivity contribution < 1.29 is 5.11 Å². The van der Waals surface area contributed by atoms with Crippen molar-refractivity contribution in [2.45, 2.75) is 143 Å². The zero-order chi connectivity index (χ0) is 25.1. The van der Waals surface area contributed by atoms with Crippen molar-refractivity contribution in [1.82, 2.24) is 0 Å². The highest BCUT2D eigenvalue weighted by Gasteiger charge is 2.59. The lowest BCUT2D eigenvalue weighted by Gasteiger charge is -2.58. The van der Waals surface area contributed by atoms with E-state index in [1.807, 2.05) is 0 Å². The predicted octanol–water partition coefficient (Wildman–Crippen LogP) is 8.67. The Morgan fingerprint density at radius 1 is 0.886 bits per heavy atom. The molecule has 3 fully saturated rings. The van der Waals surface area contributed by atoms with Gasteiger partial charge in [-0.3, -0.25) is 0 Å². The molecule has 0 bridgehead atoms. The van der Waals surface area contributed by atoms with Crippen LogP contribution in [0.25, 0.3) is 0 Å². The molecule has 0 amide bonds. The second-order valence-electron chi connectivity index (χ2n) is 14.2. The summed E-state index contributed by atoms with van der Waals surface area (Å²) in [4.78, 5) is 0. The van der Waals surface area contributed by atoms with Gasteiger partial charge >= 0.3 is 0 Å². The normalized spacial score (nSPS) is 40.4. The van der Waals surface area contributed by atoms with Crippen LogP contribution in [0, 0.1) is 46.3 Å². The molecule has 9 atom stereocenters. The van der Waals surface area contributed by atoms with E-state index in [1.165, 1.54) is 96.3 Å². The van der Waals surface area contributed by atoms with Gasteiger partial charge in [-0.1, -0.05) is 90.7 Å². The maximum atomic E-state index is 10.3. The summed E-state index contributed by atoms with van der Waals surface area (Å²) in [5.41, 5.74) is 8.19. The van der Waals surface area contributed by atoms with Crippen molar-refractivity contribution >= 4 is 0 Å². The number of nitrogens with two attached hydrogens (primary N) is 1. The van der Waals surface area contributed by atoms with Gasteiger partial charge in [-0.2, -0.15) is 0 Å². The lowest BCUT2D eigenvalue weighted by Crippen LogP contribution is -2.50. The number of hydrogen-bond donors (Lipinski definition) is 2. The van der Waals surface area contributed by atoms with Gasteiger partial charge in [-0.15, -0.1) is 0 Å². The van der Waals surface area contributed by atoms with Crippen LogP contribution in [0.1, 0.15) is 137 Å². The first-order chi connectivity index (χ1) is 16.8. The lowest BCUT2D eigenvalue weighted by molar-refractivity contribution is -0.0573. The van der Waals surface area contributed by atoms with Crippen LogP contribution in [-0.4, -0.2) is 17.8 Å². The molecule has 4 aliphatic carbocycles. The van der Waals surface area contributed by atoms with Gasteiger partial charge in [-0.25, -0.2) is 0 Å². The third-order valence-electron chi connectivity index (χ3n) is 12.1. The second kappa shape index (κ2) is 12.0. The minimum absolute atomic E-state index is 0.0829. The Kier molecular flexibility index (Phi) is 9.51. The van der Waals surface area contributed by atoms with Crippen LogP contribution in [0.4, 0.5) is 0 Å². The first-order valence-electron chi connectivity index (χ1n) is 15.9. The fraction of sp³-hybridized carbons (Fsp3) is 0.939. The van der Waals surface area contributed by atoms with Crippen molar-refractivity contribution in [3.8, 4) is 0 Å². The van der Waals surface area contributed by atoms with Crippen LogP contribution in [0.2, 0.25) is 0 Å². The predicted molar refractivity (Wildman–Crippen MR) is 150 cm³/mol. The second-order valence-corrected chi connectivity index (χ2v) is 14.2. The molecule has 2 nitrogen and oxygen atoms in total. The summed E-state index contributed by atoms with van der Waals surface area (Å²) in [6, 6.07) is 0. The molecule has 202 valence electrons. The van der Waals surface area contributed by atoms with E-state index < -0.39 is 0 Å². The van der Waals surface area contributed by atoms with Crippen LogP contribution in [0.15, 0.2) is 11.6 Å². The van der Waals surface area contributed by atoms with Gasteiger partial charge in [0.2, 0.25) is 0 Å². The standard InChI is InChI=1S/C33H59NO/c1-24(11-8-6-5-7-9-22-34)12-10-13-25(2)29-16-17-30-28-15-14-26-23-27(35)18-20-32(26,3)31(28)19-21-33(29,30)4/h14,24-25,27-31,35H,5-13,15-23,34H2,1-4H3/t24?,25-,27+,28+,29-,30+,31+,32+,33-/m1/s1. The van der Waals surface area contributed by atoms with Crippen LogP contribution >= 0.6 is 0 Å². The van der Waals surface area contributed by atoms with Gasteiger partial charge in [0.05, 0.1) is 6.10 Å². The Hall–Kier alpha value is -0.340. The quantitative estimate of drug-likeness (QED) is 0.214. The molecule has 0 radical (unpaired) electrons. The monoisotopic (exact) mass is 485 g/mol. The van der Waals surface area contributed by atoms with E-state index in [1.54, 1.807) is 5.57 Å². The van der Waals surface area contributed by atoms with Crippen molar-refractivity contribution in [3.05, 3.63) is 11.6 Å². The molecular formula is C33H59NO. The van der Waals surface area contributed by atoms with Crippen LogP contribution < -0.4 is 5.73 Å². The van der Waals surface area contributed by atoms with Crippen molar-refractivity contribution in [2.24, 2.45) is 52.1 Å². The number of unbranched alkanes of at least 4 members (excludes halogenated alkanes) is 4. The summed E-state index contributed by atoms with van der Waals surface area (Å²) in [6.45, 7) is 11.2. The van der Waals surface area contributed by atoms with Crippen molar-refractivity contribution in [1.29, 1.82) is 0 Å². The number of aliphatic hydroxyl groups is 1. The molecule has 0 heterocycles. The Balaban J connectivity index is 1.26. The molecule has 0 aromatic heterocycles. The number of rotatable bonds is 12. The summed E-state index contributed by atoms with van der Waals surface area (Å²) in [5.74, 6) is 5.45. The zero-order valence-corrected chi connectivity index (χ0v) is 23.9. The average Bonchev–Trinajstić information content (AvgIpc) is 3.19. The number of aliphatic hydroxyl groups excluding tert-OH is 1. The number of hydrogen-bond acceptors (Lipinski definition) is 2. The minimum Gasteiger partial charge on any atom is -0.393 e. The molecule has 3 N–H and O–H groups in total. The van der Waals surface area contributed by atoms with Crippen LogP contribution in [0.3, 0.4) is 0 Å². The van der Waals surface area contributed by atoms with Gasteiger partial charge in [-0.05, 0) is 111 Å². The van der Waals surface area contributed by atoms with Gasteiger partial charge in [0, 0.05) is 0 Å². The van der Waals surface area contributed by atoms with Gasteiger partial charge in [0.15, 0.2) is 0 Å². The van der Waals surface area contributed by atoms with Crippen LogP contribution in [-0.2, 0) is 0 Å². The molecule has 1 unspecified atom stereocenters. The minimum atomic E-state index is -0.0829. The van der Waals surface area contributed by atoms with E-state index >= 15 is 0 Å². The Labute approximate surface area is 218 Å². The fourth-order valence-electron chi connectivity index (χ4n) is 9.92. The molecule has 0 aromatic rings. The summed E-state index contributed by atoms with van der Waals surface area (Å²) in [5, 5.41) is 10.3. The summed E-state index contributed by atoms with van der Waals surface area (Å²) < 4.78 is 0. The van der Waals surface area contributed by atoms with E-state index in [0.29, 0.717) is 10.8 Å². The molecule has 0 aromatic carbocycles. The van der Waals surface area contributed by atoms with E-state index in [9.17, 15) is 5.11 Å². The number of allylic oxidation sites excluding steroid dienone is 1. The highest BCUT2D eigenvalue weighted by molar-refractivity contribution is 5.25. The summed E-state index contributed by atoms with van der Waals surface area (Å²) in [6.07, 6.45) is 25.3. The molecule has 4 aliphatic rings. The third kappa shape index (κ3) is 5.89. The Morgan fingerprint density at radius 2 is 1.63 bits per heavy atom. The molecule has 0 saturated heterocycles. The largest absolute Gasteiger partial charge is 0.393 e. The summed E-state index contributed by atoms with van der Waals surface area (Å²) >= 11 is 0. The molecule has 0 aliphatic heterocycles. The zero-order valence-electron chi connectivity index (χ0n) is 23.9. The fourth-order valence-corrected chi connectivity index (χ4v) is 9.92. The summed E-state index contributed by atoms with van der Waals surface area (Å²) in [7, 11) is 0. The van der Waals surface area contributed by atoms with Gasteiger partial charge in [0.1, 0.15) is 0 Å². The highest BCUT2D eigenvalue weighted by Crippen LogP contribution is 2.67. The smallest absolute Gasteiger partial charge is 0.0577 e. The topological polar surface area (TPSA) is 46.2 Å². The van der Waals surface area contributed by atoms with E-state index in [4.69, 9.17) is 5.73 Å². The van der Waals surface area contributed by atoms with Gasteiger partial charge in [0.25, 0.3) is 0 Å². The first-order valence-corrected chi connectivity index (χ1v) is 15.9. The van der Waals surface area contributed by atoms with E-state index in [0.717, 1.165) is 54.9 Å². The van der Waals surface area contributed by atoms with E-state index in [2.05, 4.69) is 33.8 Å². The van der Waals surface area contributed by atoms with Crippen molar-refractivity contribution in [2.75, 3.05) is 6.54 Å². The molecule has 0 spiro atoms. The van der Waals surface area contributed by atoms with Gasteiger partial charge < -0.3 is 10.8 Å². The van der Waals surface area contributed by atoms with E-state index in [-0.39, 0.29) is 6.10 Å². The third-order valence-corrected chi connectivity index (χ3v) is 12.1. The maximum absolute atomic E-state index is 10.3. The number of fused-ring (bicyclic) bond motifs is 5. The Morgan fingerprint density at radius 3 is 2.43 bits per heavy atom. The van der Waals surface area contributed by atoms with Crippen molar-refractivity contribution in [3.63, 3.8) is 0 Å². The Bertz CT molecular complexity index is 701. The maximum Gasteiger partial charge on any atom is 0.0577 e.